The molecule has 1 aromatic carbocycles. The first-order valence-corrected chi connectivity index (χ1v) is 7.81. The van der Waals surface area contributed by atoms with E-state index in [9.17, 15) is 4.39 Å². The van der Waals surface area contributed by atoms with Crippen LogP contribution in [0.3, 0.4) is 0 Å². The van der Waals surface area contributed by atoms with Crippen molar-refractivity contribution in [2.45, 2.75) is 38.0 Å². The first-order valence-electron chi connectivity index (χ1n) is 6.83. The van der Waals surface area contributed by atoms with Gasteiger partial charge in [-0.25, -0.2) is 4.39 Å². The van der Waals surface area contributed by atoms with Gasteiger partial charge >= 0.3 is 0 Å². The molecule has 1 aromatic rings. The molecule has 1 unspecified atom stereocenters. The summed E-state index contributed by atoms with van der Waals surface area (Å²) in [5.74, 6) is 0.892. The summed E-state index contributed by atoms with van der Waals surface area (Å²) in [6, 6.07) is 4.83. The Balaban J connectivity index is 2.26. The highest BCUT2D eigenvalue weighted by Gasteiger charge is 2.25. The third-order valence-corrected chi connectivity index (χ3v) is 5.03. The molecule has 0 spiro atoms. The topological polar surface area (TPSA) is 29.3 Å². The van der Waals surface area contributed by atoms with Crippen LogP contribution in [0.15, 0.2) is 18.2 Å². The van der Waals surface area contributed by atoms with E-state index < -0.39 is 0 Å². The number of anilines is 1. The van der Waals surface area contributed by atoms with E-state index in [1.54, 1.807) is 6.07 Å². The third kappa shape index (κ3) is 3.63. The molecule has 1 fully saturated rings. The Morgan fingerprint density at radius 3 is 2.79 bits per heavy atom. The second-order valence-corrected chi connectivity index (χ2v) is 7.64. The Bertz CT molecular complexity index is 446. The molecule has 1 heterocycles. The van der Waals surface area contributed by atoms with Gasteiger partial charge in [-0.1, -0.05) is 13.8 Å². The van der Waals surface area contributed by atoms with Gasteiger partial charge in [-0.15, -0.1) is 0 Å². The van der Waals surface area contributed by atoms with Crippen molar-refractivity contribution in [3.63, 3.8) is 0 Å². The second kappa shape index (κ2) is 5.71. The number of rotatable bonds is 2. The van der Waals surface area contributed by atoms with Crippen LogP contribution in [0.1, 0.15) is 38.8 Å². The van der Waals surface area contributed by atoms with Gasteiger partial charge < -0.3 is 10.6 Å². The Labute approximate surface area is 119 Å². The molecule has 2 N–H and O–H groups in total. The number of thioether (sulfide) groups is 1. The van der Waals surface area contributed by atoms with Crippen molar-refractivity contribution in [1.29, 1.82) is 0 Å². The quantitative estimate of drug-likeness (QED) is 0.899. The first-order chi connectivity index (χ1) is 8.89. The molecule has 1 aliphatic heterocycles. The minimum absolute atomic E-state index is 0.144. The van der Waals surface area contributed by atoms with Gasteiger partial charge in [0.05, 0.1) is 0 Å². The van der Waals surface area contributed by atoms with Crippen LogP contribution >= 0.6 is 11.8 Å². The summed E-state index contributed by atoms with van der Waals surface area (Å²) in [6.45, 7) is 8.50. The molecule has 4 heteroatoms. The lowest BCUT2D eigenvalue weighted by atomic mass is 10.0. The molecule has 1 aliphatic rings. The normalized spacial score (nSPS) is 21.0. The van der Waals surface area contributed by atoms with Crippen molar-refractivity contribution in [3.05, 3.63) is 29.6 Å². The minimum Gasteiger partial charge on any atom is -0.370 e. The standard InChI is InChI=1S/C15H23FN2S/c1-11(17)13-10-12(16)4-5-14(13)18-7-6-15(2,3)19-9-8-18/h4-5,10-11H,6-9,17H2,1-3H3. The van der Waals surface area contributed by atoms with Crippen LogP contribution in [0.25, 0.3) is 0 Å². The van der Waals surface area contributed by atoms with Gasteiger partial charge in [0.15, 0.2) is 0 Å². The van der Waals surface area contributed by atoms with Crippen LogP contribution < -0.4 is 10.6 Å². The lowest BCUT2D eigenvalue weighted by molar-refractivity contribution is 0.617. The zero-order valence-electron chi connectivity index (χ0n) is 11.9. The lowest BCUT2D eigenvalue weighted by Gasteiger charge is -2.27. The van der Waals surface area contributed by atoms with Crippen molar-refractivity contribution in [1.82, 2.24) is 0 Å². The summed E-state index contributed by atoms with van der Waals surface area (Å²) in [6.07, 6.45) is 1.13. The maximum Gasteiger partial charge on any atom is 0.123 e. The van der Waals surface area contributed by atoms with Gasteiger partial charge in [0, 0.05) is 35.3 Å². The number of hydrogen-bond donors (Lipinski definition) is 1. The van der Waals surface area contributed by atoms with Crippen LogP contribution in [0.2, 0.25) is 0 Å². The molecule has 0 saturated carbocycles. The van der Waals surface area contributed by atoms with Crippen LogP contribution in [-0.4, -0.2) is 23.6 Å². The fraction of sp³-hybridized carbons (Fsp3) is 0.600. The van der Waals surface area contributed by atoms with E-state index in [4.69, 9.17) is 5.73 Å². The maximum atomic E-state index is 13.4. The van der Waals surface area contributed by atoms with E-state index in [0.29, 0.717) is 4.75 Å². The van der Waals surface area contributed by atoms with Crippen molar-refractivity contribution >= 4 is 17.4 Å². The highest BCUT2D eigenvalue weighted by Crippen LogP contribution is 2.34. The Morgan fingerprint density at radius 2 is 2.11 bits per heavy atom. The van der Waals surface area contributed by atoms with Gasteiger partial charge in [0.2, 0.25) is 0 Å². The summed E-state index contributed by atoms with van der Waals surface area (Å²) < 4.78 is 13.7. The van der Waals surface area contributed by atoms with E-state index in [1.165, 1.54) is 6.07 Å². The zero-order valence-corrected chi connectivity index (χ0v) is 12.8. The van der Waals surface area contributed by atoms with Gasteiger partial charge in [-0.3, -0.25) is 0 Å². The van der Waals surface area contributed by atoms with Gasteiger partial charge in [0.1, 0.15) is 5.82 Å². The van der Waals surface area contributed by atoms with Crippen molar-refractivity contribution in [3.8, 4) is 0 Å². The number of nitrogens with two attached hydrogens (primary N) is 1. The number of benzene rings is 1. The Hall–Kier alpha value is -0.740. The van der Waals surface area contributed by atoms with Crippen molar-refractivity contribution in [2.75, 3.05) is 23.7 Å². The Kier molecular flexibility index (Phi) is 4.41. The maximum absolute atomic E-state index is 13.4. The summed E-state index contributed by atoms with van der Waals surface area (Å²) in [5.41, 5.74) is 7.98. The minimum atomic E-state index is -0.208. The second-order valence-electron chi connectivity index (χ2n) is 5.84. The molecule has 2 nitrogen and oxygen atoms in total. The molecular weight excluding hydrogens is 259 g/mol. The molecule has 1 saturated heterocycles. The molecular formula is C15H23FN2S. The summed E-state index contributed by atoms with van der Waals surface area (Å²) >= 11 is 2.01. The molecule has 0 aromatic heterocycles. The number of hydrogen-bond acceptors (Lipinski definition) is 3. The van der Waals surface area contributed by atoms with Crippen LogP contribution in [0.4, 0.5) is 10.1 Å². The van der Waals surface area contributed by atoms with E-state index in [0.717, 1.165) is 36.5 Å². The average molecular weight is 282 g/mol. The van der Waals surface area contributed by atoms with Crippen LogP contribution in [-0.2, 0) is 0 Å². The lowest BCUT2D eigenvalue weighted by Crippen LogP contribution is -2.28. The van der Waals surface area contributed by atoms with Crippen LogP contribution in [0.5, 0.6) is 0 Å². The smallest absolute Gasteiger partial charge is 0.123 e. The fourth-order valence-electron chi connectivity index (χ4n) is 2.44. The molecule has 106 valence electrons. The van der Waals surface area contributed by atoms with Crippen LogP contribution in [0, 0.1) is 5.82 Å². The zero-order chi connectivity index (χ0) is 14.0. The van der Waals surface area contributed by atoms with E-state index in [-0.39, 0.29) is 11.9 Å². The highest BCUT2D eigenvalue weighted by molar-refractivity contribution is 8.00. The van der Waals surface area contributed by atoms with E-state index >= 15 is 0 Å². The molecule has 2 rings (SSSR count). The number of halogens is 1. The predicted molar refractivity (Wildman–Crippen MR) is 82.4 cm³/mol. The SMILES string of the molecule is CC(N)c1cc(F)ccc1N1CCSC(C)(C)CC1. The summed E-state index contributed by atoms with van der Waals surface area (Å²) in [7, 11) is 0. The first kappa shape index (κ1) is 14.7. The summed E-state index contributed by atoms with van der Waals surface area (Å²) in [5, 5.41) is 0. The molecule has 0 aliphatic carbocycles. The molecule has 0 bridgehead atoms. The van der Waals surface area contributed by atoms with Crippen molar-refractivity contribution in [2.24, 2.45) is 5.73 Å². The third-order valence-electron chi connectivity index (χ3n) is 3.66. The van der Waals surface area contributed by atoms with Gasteiger partial charge in [-0.05, 0) is 37.1 Å². The van der Waals surface area contributed by atoms with E-state index in [1.807, 2.05) is 24.8 Å². The van der Waals surface area contributed by atoms with Gasteiger partial charge in [0.25, 0.3) is 0 Å². The average Bonchev–Trinajstić information content (AvgIpc) is 2.50. The molecule has 1 atom stereocenters. The highest BCUT2D eigenvalue weighted by atomic mass is 32.2. The molecule has 0 amide bonds. The van der Waals surface area contributed by atoms with E-state index in [2.05, 4.69) is 18.7 Å². The Morgan fingerprint density at radius 1 is 1.37 bits per heavy atom. The monoisotopic (exact) mass is 282 g/mol. The molecule has 0 radical (unpaired) electrons. The summed E-state index contributed by atoms with van der Waals surface area (Å²) in [4.78, 5) is 2.35. The van der Waals surface area contributed by atoms with Crippen molar-refractivity contribution < 1.29 is 4.39 Å². The molecule has 19 heavy (non-hydrogen) atoms. The van der Waals surface area contributed by atoms with Gasteiger partial charge in [-0.2, -0.15) is 11.8 Å². The largest absolute Gasteiger partial charge is 0.370 e. The number of nitrogens with zero attached hydrogens (tertiary/aromatic N) is 1. The predicted octanol–water partition coefficient (Wildman–Crippen LogP) is 3.57. The fourth-order valence-corrected chi connectivity index (χ4v) is 3.54.